The summed E-state index contributed by atoms with van der Waals surface area (Å²) in [6.45, 7) is 7.24. The molecule has 0 saturated heterocycles. The van der Waals surface area contributed by atoms with Crippen molar-refractivity contribution in [2.75, 3.05) is 22.8 Å². The number of hydrogen-bond donors (Lipinski definition) is 2. The van der Waals surface area contributed by atoms with Crippen LogP contribution in [0.5, 0.6) is 5.75 Å². The minimum absolute atomic E-state index is 0.0594. The van der Waals surface area contributed by atoms with E-state index < -0.39 is 15.4 Å². The molecular formula is C27H27N5O5S. The Morgan fingerprint density at radius 2 is 1.84 bits per heavy atom. The molecule has 0 radical (unpaired) electrons. The smallest absolute Gasteiger partial charge is 0.264 e. The van der Waals surface area contributed by atoms with Gasteiger partial charge in [-0.25, -0.2) is 18.4 Å². The van der Waals surface area contributed by atoms with Gasteiger partial charge in [0.1, 0.15) is 17.9 Å². The fourth-order valence-electron chi connectivity index (χ4n) is 4.25. The van der Waals surface area contributed by atoms with Crippen molar-refractivity contribution >= 4 is 44.3 Å². The molecule has 3 heterocycles. The molecule has 0 bridgehead atoms. The van der Waals surface area contributed by atoms with E-state index in [1.165, 1.54) is 23.4 Å². The Bertz CT molecular complexity index is 1670. The van der Waals surface area contributed by atoms with E-state index in [0.29, 0.717) is 45.1 Å². The van der Waals surface area contributed by atoms with Gasteiger partial charge in [0.05, 0.1) is 34.6 Å². The highest BCUT2D eigenvalue weighted by molar-refractivity contribution is 7.92. The number of ketones is 1. The van der Waals surface area contributed by atoms with Gasteiger partial charge >= 0.3 is 0 Å². The molecule has 11 heteroatoms. The molecule has 2 aromatic carbocycles. The van der Waals surface area contributed by atoms with Gasteiger partial charge in [-0.1, -0.05) is 20.8 Å². The normalized spacial score (nSPS) is 13.6. The van der Waals surface area contributed by atoms with Crippen LogP contribution in [0.25, 0.3) is 22.4 Å². The first-order chi connectivity index (χ1) is 17.9. The highest BCUT2D eigenvalue weighted by Gasteiger charge is 2.31. The Morgan fingerprint density at radius 3 is 2.53 bits per heavy atom. The predicted octanol–water partition coefficient (Wildman–Crippen LogP) is 4.40. The van der Waals surface area contributed by atoms with E-state index in [9.17, 15) is 18.0 Å². The average molecular weight is 534 g/mol. The number of Topliss-reactive ketones (excluding diaryl/α,β-unsaturated/α-hetero) is 1. The number of aromatic amines is 1. The fraction of sp³-hybridized carbons (Fsp3) is 0.259. The summed E-state index contributed by atoms with van der Waals surface area (Å²) >= 11 is 0. The summed E-state index contributed by atoms with van der Waals surface area (Å²) in [5.41, 5.74) is 2.81. The summed E-state index contributed by atoms with van der Waals surface area (Å²) in [7, 11) is -3.92. The molecule has 38 heavy (non-hydrogen) atoms. The zero-order chi connectivity index (χ0) is 27.2. The molecule has 2 aromatic heterocycles. The predicted molar refractivity (Wildman–Crippen MR) is 144 cm³/mol. The number of aromatic nitrogens is 3. The lowest BCUT2D eigenvalue weighted by atomic mass is 9.87. The van der Waals surface area contributed by atoms with Crippen LogP contribution in [-0.4, -0.2) is 48.2 Å². The van der Waals surface area contributed by atoms with E-state index in [1.54, 1.807) is 42.7 Å². The molecule has 1 aliphatic heterocycles. The number of hydrogen-bond acceptors (Lipinski definition) is 7. The summed E-state index contributed by atoms with van der Waals surface area (Å²) in [5, 5.41) is 2.63. The Hall–Kier alpha value is -4.25. The maximum absolute atomic E-state index is 13.6. The Morgan fingerprint density at radius 1 is 1.11 bits per heavy atom. The van der Waals surface area contributed by atoms with Crippen LogP contribution < -0.4 is 14.4 Å². The number of carbonyl (C=O) groups excluding carboxylic acids is 2. The van der Waals surface area contributed by atoms with Crippen LogP contribution in [-0.2, 0) is 14.8 Å². The number of fused-ring (bicyclic) bond motifs is 2. The number of ether oxygens (including phenoxy) is 1. The van der Waals surface area contributed by atoms with E-state index in [0.717, 1.165) is 0 Å². The maximum Gasteiger partial charge on any atom is 0.264 e. The number of anilines is 2. The van der Waals surface area contributed by atoms with Crippen molar-refractivity contribution in [3.8, 4) is 17.0 Å². The summed E-state index contributed by atoms with van der Waals surface area (Å²) in [5.74, 6) is 0.125. The second kappa shape index (κ2) is 9.25. The van der Waals surface area contributed by atoms with Gasteiger partial charge in [0.25, 0.3) is 10.0 Å². The monoisotopic (exact) mass is 533 g/mol. The van der Waals surface area contributed by atoms with Crippen molar-refractivity contribution in [1.82, 2.24) is 15.0 Å². The topological polar surface area (TPSA) is 134 Å². The van der Waals surface area contributed by atoms with Gasteiger partial charge in [0.2, 0.25) is 5.91 Å². The molecule has 4 aromatic rings. The zero-order valence-corrected chi connectivity index (χ0v) is 22.2. The highest BCUT2D eigenvalue weighted by atomic mass is 32.2. The molecule has 2 N–H and O–H groups in total. The highest BCUT2D eigenvalue weighted by Crippen LogP contribution is 2.38. The first kappa shape index (κ1) is 25.4. The van der Waals surface area contributed by atoms with Crippen molar-refractivity contribution in [3.05, 3.63) is 60.4 Å². The lowest BCUT2D eigenvalue weighted by molar-refractivity contribution is -0.114. The van der Waals surface area contributed by atoms with Gasteiger partial charge in [0.15, 0.2) is 11.4 Å². The van der Waals surface area contributed by atoms with E-state index in [4.69, 9.17) is 9.72 Å². The van der Waals surface area contributed by atoms with Crippen molar-refractivity contribution in [2.45, 2.75) is 32.6 Å². The average Bonchev–Trinajstić information content (AvgIpc) is 3.30. The molecule has 5 rings (SSSR count). The second-order valence-corrected chi connectivity index (χ2v) is 11.9. The number of nitrogens with zero attached hydrogens (tertiary/aromatic N) is 3. The van der Waals surface area contributed by atoms with Crippen LogP contribution in [0, 0.1) is 5.41 Å². The van der Waals surface area contributed by atoms with Gasteiger partial charge in [0, 0.05) is 29.8 Å². The maximum atomic E-state index is 13.6. The molecule has 0 spiro atoms. The number of sulfonamides is 1. The molecule has 1 aliphatic rings. The number of rotatable bonds is 5. The minimum atomic E-state index is -3.92. The number of carbonyl (C=O) groups is 2. The van der Waals surface area contributed by atoms with E-state index in [-0.39, 0.29) is 29.7 Å². The van der Waals surface area contributed by atoms with Crippen molar-refractivity contribution in [2.24, 2.45) is 5.41 Å². The molecule has 0 unspecified atom stereocenters. The molecule has 0 atom stereocenters. The minimum Gasteiger partial charge on any atom is -0.489 e. The summed E-state index contributed by atoms with van der Waals surface area (Å²) in [4.78, 5) is 36.5. The number of H-pyrrole nitrogens is 1. The largest absolute Gasteiger partial charge is 0.489 e. The van der Waals surface area contributed by atoms with Gasteiger partial charge in [-0.3, -0.25) is 13.9 Å². The number of amides is 1. The van der Waals surface area contributed by atoms with Crippen LogP contribution in [0.2, 0.25) is 0 Å². The van der Waals surface area contributed by atoms with Crippen molar-refractivity contribution in [3.63, 3.8) is 0 Å². The zero-order valence-electron chi connectivity index (χ0n) is 21.4. The standard InChI is InChI=1S/C27H27N5O5S/c1-16(33)30-18-6-8-19(9-7-18)38(35,36)32-11-12-37-23-10-5-17(13-22(23)32)21-15-29-26-24(31-21)20(14-28-26)25(34)27(2,3)4/h5-10,13-15H,11-12H2,1-4H3,(H,28,29)(H,30,33). The van der Waals surface area contributed by atoms with Crippen LogP contribution in [0.3, 0.4) is 0 Å². The molecule has 196 valence electrons. The van der Waals surface area contributed by atoms with E-state index >= 15 is 0 Å². The summed E-state index contributed by atoms with van der Waals surface area (Å²) in [6, 6.07) is 11.2. The third-order valence-corrected chi connectivity index (χ3v) is 7.97. The van der Waals surface area contributed by atoms with Gasteiger partial charge in [-0.05, 0) is 42.5 Å². The lowest BCUT2D eigenvalue weighted by Crippen LogP contribution is -2.37. The third-order valence-electron chi connectivity index (χ3n) is 6.14. The SMILES string of the molecule is CC(=O)Nc1ccc(S(=O)(=O)N2CCOc3ccc(-c4cnc5[nH]cc(C(=O)C(C)(C)C)c5n4)cc32)cc1. The Labute approximate surface area is 220 Å². The quantitative estimate of drug-likeness (QED) is 0.363. The van der Waals surface area contributed by atoms with Crippen LogP contribution in [0.15, 0.2) is 59.8 Å². The van der Waals surface area contributed by atoms with Gasteiger partial charge in [-0.2, -0.15) is 0 Å². The second-order valence-electron chi connectivity index (χ2n) is 10.0. The van der Waals surface area contributed by atoms with E-state index in [1.807, 2.05) is 20.8 Å². The molecule has 0 aliphatic carbocycles. The lowest BCUT2D eigenvalue weighted by Gasteiger charge is -2.31. The molecule has 10 nitrogen and oxygen atoms in total. The number of benzene rings is 2. The Balaban J connectivity index is 1.53. The Kier molecular flexibility index (Phi) is 6.18. The number of nitrogens with one attached hydrogen (secondary N) is 2. The first-order valence-electron chi connectivity index (χ1n) is 12.0. The van der Waals surface area contributed by atoms with Crippen LogP contribution >= 0.6 is 0 Å². The van der Waals surface area contributed by atoms with Gasteiger partial charge < -0.3 is 15.0 Å². The van der Waals surface area contributed by atoms with Crippen LogP contribution in [0.4, 0.5) is 11.4 Å². The van der Waals surface area contributed by atoms with E-state index in [2.05, 4.69) is 15.3 Å². The third kappa shape index (κ3) is 4.60. The van der Waals surface area contributed by atoms with Gasteiger partial charge in [-0.15, -0.1) is 0 Å². The fourth-order valence-corrected chi connectivity index (χ4v) is 5.70. The van der Waals surface area contributed by atoms with Crippen LogP contribution in [0.1, 0.15) is 38.1 Å². The summed E-state index contributed by atoms with van der Waals surface area (Å²) in [6.07, 6.45) is 3.20. The molecule has 0 fully saturated rings. The summed E-state index contributed by atoms with van der Waals surface area (Å²) < 4.78 is 34.2. The first-order valence-corrected chi connectivity index (χ1v) is 13.5. The molecule has 0 saturated carbocycles. The van der Waals surface area contributed by atoms with Crippen molar-refractivity contribution in [1.29, 1.82) is 0 Å². The molecule has 1 amide bonds. The molecular weight excluding hydrogens is 506 g/mol. The van der Waals surface area contributed by atoms with Crippen molar-refractivity contribution < 1.29 is 22.7 Å².